The number of methoxy groups -OCH3 is 3. The van der Waals surface area contributed by atoms with Crippen LogP contribution in [-0.2, 0) is 0 Å². The summed E-state index contributed by atoms with van der Waals surface area (Å²) >= 11 is 1.53. The highest BCUT2D eigenvalue weighted by Crippen LogP contribution is 2.33. The van der Waals surface area contributed by atoms with E-state index in [2.05, 4.69) is 46.8 Å². The van der Waals surface area contributed by atoms with Gasteiger partial charge in [-0.1, -0.05) is 54.6 Å². The lowest BCUT2D eigenvalue weighted by molar-refractivity contribution is 0.374. The molecule has 1 aromatic heterocycles. The summed E-state index contributed by atoms with van der Waals surface area (Å²) in [5.41, 5.74) is 5.06. The van der Waals surface area contributed by atoms with E-state index in [1.165, 1.54) is 16.9 Å². The maximum atomic E-state index is 5.55. The van der Waals surface area contributed by atoms with Gasteiger partial charge in [0.05, 0.1) is 38.8 Å². The molecule has 0 atom stereocenters. The minimum absolute atomic E-state index is 0.606. The number of thiazole rings is 1. The van der Waals surface area contributed by atoms with Crippen LogP contribution in [0, 0.1) is 0 Å². The zero-order valence-electron chi connectivity index (χ0n) is 19.0. The Kier molecular flexibility index (Phi) is 6.90. The lowest BCUT2D eigenvalue weighted by Crippen LogP contribution is -2.11. The highest BCUT2D eigenvalue weighted by atomic mass is 32.1. The highest BCUT2D eigenvalue weighted by Gasteiger charge is 2.13. The molecule has 168 valence electrons. The van der Waals surface area contributed by atoms with Gasteiger partial charge in [-0.15, -0.1) is 11.3 Å². The van der Waals surface area contributed by atoms with Crippen LogP contribution in [0.2, 0.25) is 0 Å². The molecule has 0 saturated heterocycles. The quantitative estimate of drug-likeness (QED) is 0.351. The largest absolute Gasteiger partial charge is 0.496 e. The van der Waals surface area contributed by atoms with E-state index in [0.29, 0.717) is 22.8 Å². The van der Waals surface area contributed by atoms with E-state index in [-0.39, 0.29) is 0 Å². The fraction of sp³-hybridized carbons (Fsp3) is 0.154. The lowest BCUT2D eigenvalue weighted by atomic mass is 10.0. The monoisotopic (exact) mass is 459 g/mol. The van der Waals surface area contributed by atoms with Crippen molar-refractivity contribution in [2.45, 2.75) is 0 Å². The molecule has 4 aromatic rings. The van der Waals surface area contributed by atoms with Crippen LogP contribution in [0.25, 0.3) is 22.4 Å². The topological polar surface area (TPSA) is 57.3 Å². The molecule has 0 aliphatic heterocycles. The van der Waals surface area contributed by atoms with Crippen LogP contribution in [0.3, 0.4) is 0 Å². The van der Waals surface area contributed by atoms with Crippen LogP contribution in [0.1, 0.15) is 5.56 Å². The molecule has 0 amide bonds. The Hall–Kier alpha value is -3.84. The number of nitrogens with zero attached hydrogens (tertiary/aromatic N) is 3. The molecule has 0 radical (unpaired) electrons. The summed E-state index contributed by atoms with van der Waals surface area (Å²) in [4.78, 5) is 5.17. The standard InChI is InChI=1S/C26H25N3O3S/c1-27-26-29(28-16-22-24(31-3)14-21(30-2)15-25(22)32-4)23(17-33-26)20-12-10-19(11-13-20)18-8-6-5-7-9-18/h5-17H,1-4H3. The van der Waals surface area contributed by atoms with Crippen LogP contribution in [0.4, 0.5) is 0 Å². The average molecular weight is 460 g/mol. The lowest BCUT2D eigenvalue weighted by Gasteiger charge is -2.12. The molecule has 0 bridgehead atoms. The molecule has 0 spiro atoms. The first kappa shape index (κ1) is 22.4. The number of rotatable bonds is 7. The second kappa shape index (κ2) is 10.2. The first-order valence-electron chi connectivity index (χ1n) is 10.3. The second-order valence-electron chi connectivity index (χ2n) is 7.07. The number of hydrogen-bond donors (Lipinski definition) is 0. The van der Waals surface area contributed by atoms with Gasteiger partial charge in [0.2, 0.25) is 4.80 Å². The molecule has 0 fully saturated rings. The van der Waals surface area contributed by atoms with E-state index in [1.54, 1.807) is 46.7 Å². The fourth-order valence-electron chi connectivity index (χ4n) is 3.50. The number of ether oxygens (including phenoxy) is 3. The van der Waals surface area contributed by atoms with E-state index in [1.807, 2.05) is 22.9 Å². The normalized spacial score (nSPS) is 11.7. The number of aromatic nitrogens is 1. The summed E-state index contributed by atoms with van der Waals surface area (Å²) in [7, 11) is 6.58. The molecule has 0 aliphatic rings. The van der Waals surface area contributed by atoms with Gasteiger partial charge in [0.1, 0.15) is 17.2 Å². The smallest absolute Gasteiger partial charge is 0.205 e. The Labute approximate surface area is 197 Å². The summed E-state index contributed by atoms with van der Waals surface area (Å²) in [6.07, 6.45) is 1.72. The van der Waals surface area contributed by atoms with Crippen LogP contribution in [0.5, 0.6) is 17.2 Å². The van der Waals surface area contributed by atoms with Crippen LogP contribution >= 0.6 is 11.3 Å². The average Bonchev–Trinajstić information content (AvgIpc) is 3.30. The van der Waals surface area contributed by atoms with Crippen LogP contribution in [-0.4, -0.2) is 39.3 Å². The number of benzene rings is 3. The van der Waals surface area contributed by atoms with Crippen molar-refractivity contribution < 1.29 is 14.2 Å². The zero-order chi connectivity index (χ0) is 23.2. The Morgan fingerprint density at radius 2 is 1.39 bits per heavy atom. The molecule has 4 rings (SSSR count). The molecule has 7 heteroatoms. The van der Waals surface area contributed by atoms with Crippen molar-refractivity contribution in [3.05, 3.63) is 82.5 Å². The predicted octanol–water partition coefficient (Wildman–Crippen LogP) is 5.32. The summed E-state index contributed by atoms with van der Waals surface area (Å²) < 4.78 is 18.3. The van der Waals surface area contributed by atoms with E-state index >= 15 is 0 Å². The minimum Gasteiger partial charge on any atom is -0.496 e. The third-order valence-corrected chi connectivity index (χ3v) is 6.13. The molecular formula is C26H25N3O3S. The molecule has 0 unspecified atom stereocenters. The molecule has 0 aliphatic carbocycles. The Morgan fingerprint density at radius 3 is 1.97 bits per heavy atom. The first-order chi connectivity index (χ1) is 16.2. The van der Waals surface area contributed by atoms with E-state index < -0.39 is 0 Å². The summed E-state index contributed by atoms with van der Waals surface area (Å²) in [5.74, 6) is 1.86. The molecule has 0 saturated carbocycles. The molecule has 1 heterocycles. The van der Waals surface area contributed by atoms with Gasteiger partial charge in [0.25, 0.3) is 0 Å². The summed E-state index contributed by atoms with van der Waals surface area (Å²) in [6.45, 7) is 0. The van der Waals surface area contributed by atoms with E-state index in [9.17, 15) is 0 Å². The van der Waals surface area contributed by atoms with Crippen molar-refractivity contribution in [3.63, 3.8) is 0 Å². The Balaban J connectivity index is 1.74. The predicted molar refractivity (Wildman–Crippen MR) is 134 cm³/mol. The van der Waals surface area contributed by atoms with Gasteiger partial charge in [0, 0.05) is 30.1 Å². The van der Waals surface area contributed by atoms with Crippen molar-refractivity contribution in [1.82, 2.24) is 4.68 Å². The first-order valence-corrected chi connectivity index (χ1v) is 11.2. The third-order valence-electron chi connectivity index (χ3n) is 5.22. The third kappa shape index (κ3) is 4.68. The minimum atomic E-state index is 0.606. The SMILES string of the molecule is CN=c1scc(-c2ccc(-c3ccccc3)cc2)n1N=Cc1c(OC)cc(OC)cc1OC. The van der Waals surface area contributed by atoms with Gasteiger partial charge in [-0.05, 0) is 11.1 Å². The second-order valence-corrected chi connectivity index (χ2v) is 7.91. The number of hydrogen-bond acceptors (Lipinski definition) is 6. The van der Waals surface area contributed by atoms with Gasteiger partial charge >= 0.3 is 0 Å². The van der Waals surface area contributed by atoms with Crippen molar-refractivity contribution >= 4 is 17.6 Å². The van der Waals surface area contributed by atoms with Crippen molar-refractivity contribution in [2.75, 3.05) is 28.4 Å². The fourth-order valence-corrected chi connectivity index (χ4v) is 4.30. The van der Waals surface area contributed by atoms with E-state index in [0.717, 1.165) is 21.6 Å². The van der Waals surface area contributed by atoms with Crippen LogP contribution in [0.15, 0.2) is 82.2 Å². The van der Waals surface area contributed by atoms with Gasteiger partial charge in [0.15, 0.2) is 0 Å². The molecule has 6 nitrogen and oxygen atoms in total. The van der Waals surface area contributed by atoms with Gasteiger partial charge < -0.3 is 14.2 Å². The highest BCUT2D eigenvalue weighted by molar-refractivity contribution is 7.07. The maximum absolute atomic E-state index is 5.55. The maximum Gasteiger partial charge on any atom is 0.205 e. The molecule has 3 aromatic carbocycles. The molecular weight excluding hydrogens is 434 g/mol. The Bertz CT molecular complexity index is 1300. The van der Waals surface area contributed by atoms with Gasteiger partial charge in [-0.25, -0.2) is 4.68 Å². The summed E-state index contributed by atoms with van der Waals surface area (Å²) in [5, 5.41) is 6.80. The van der Waals surface area contributed by atoms with Crippen molar-refractivity contribution in [2.24, 2.45) is 10.1 Å². The van der Waals surface area contributed by atoms with Crippen molar-refractivity contribution in [1.29, 1.82) is 0 Å². The Morgan fingerprint density at radius 1 is 0.788 bits per heavy atom. The molecule has 33 heavy (non-hydrogen) atoms. The van der Waals surface area contributed by atoms with Crippen LogP contribution < -0.4 is 19.0 Å². The van der Waals surface area contributed by atoms with Gasteiger partial charge in [-0.2, -0.15) is 5.10 Å². The summed E-state index contributed by atoms with van der Waals surface area (Å²) in [6, 6.07) is 22.4. The zero-order valence-corrected chi connectivity index (χ0v) is 19.8. The van der Waals surface area contributed by atoms with Gasteiger partial charge in [-0.3, -0.25) is 4.99 Å². The van der Waals surface area contributed by atoms with Crippen molar-refractivity contribution in [3.8, 4) is 39.6 Å². The van der Waals surface area contributed by atoms with E-state index in [4.69, 9.17) is 19.3 Å². The molecule has 0 N–H and O–H groups in total.